The van der Waals surface area contributed by atoms with E-state index in [2.05, 4.69) is 36.9 Å². The van der Waals surface area contributed by atoms with E-state index < -0.39 is 12.0 Å². The Bertz CT molecular complexity index is 1840. The Morgan fingerprint density at radius 3 is 2.44 bits per heavy atom. The Morgan fingerprint density at radius 1 is 1.10 bits per heavy atom. The van der Waals surface area contributed by atoms with Gasteiger partial charge < -0.3 is 9.47 Å². The predicted molar refractivity (Wildman–Crippen MR) is 169 cm³/mol. The summed E-state index contributed by atoms with van der Waals surface area (Å²) in [5.74, 6) is 0.101. The molecule has 2 heterocycles. The summed E-state index contributed by atoms with van der Waals surface area (Å²) in [5, 5.41) is 1.18. The van der Waals surface area contributed by atoms with Crippen molar-refractivity contribution >= 4 is 78.4 Å². The predicted octanol–water partition coefficient (Wildman–Crippen LogP) is 7.21. The van der Waals surface area contributed by atoms with Crippen LogP contribution in [-0.4, -0.2) is 17.1 Å². The van der Waals surface area contributed by atoms with Crippen molar-refractivity contribution < 1.29 is 14.3 Å². The molecule has 0 aliphatic carbocycles. The number of carbonyl (C=O) groups is 1. The summed E-state index contributed by atoms with van der Waals surface area (Å²) in [6, 6.07) is 17.6. The van der Waals surface area contributed by atoms with Crippen LogP contribution in [0.1, 0.15) is 36.6 Å². The molecule has 1 aliphatic rings. The van der Waals surface area contributed by atoms with Gasteiger partial charge in [-0.05, 0) is 93.2 Å². The quantitative estimate of drug-likeness (QED) is 0.188. The number of hydrogen-bond acceptors (Lipinski definition) is 6. The lowest BCUT2D eigenvalue weighted by Crippen LogP contribution is -2.39. The molecule has 210 valence electrons. The summed E-state index contributed by atoms with van der Waals surface area (Å²) in [6.45, 7) is 3.99. The normalized spacial score (nSPS) is 15.0. The lowest BCUT2D eigenvalue weighted by atomic mass is 9.96. The molecule has 0 bridgehead atoms. The average Bonchev–Trinajstić information content (AvgIpc) is 3.23. The largest absolute Gasteiger partial charge is 0.486 e. The molecular weight excluding hydrogens is 715 g/mol. The number of ether oxygens (including phenoxy) is 2. The van der Waals surface area contributed by atoms with E-state index in [0.29, 0.717) is 52.0 Å². The van der Waals surface area contributed by atoms with E-state index in [-0.39, 0.29) is 12.2 Å². The molecule has 3 aromatic carbocycles. The van der Waals surface area contributed by atoms with E-state index in [9.17, 15) is 9.59 Å². The zero-order chi connectivity index (χ0) is 29.3. The zero-order valence-corrected chi connectivity index (χ0v) is 27.3. The number of halogens is 4. The number of fused-ring (bicyclic) bond motifs is 1. The van der Waals surface area contributed by atoms with Crippen LogP contribution in [0.25, 0.3) is 6.08 Å². The Kier molecular flexibility index (Phi) is 9.21. The molecule has 0 saturated carbocycles. The monoisotopic (exact) mass is 734 g/mol. The lowest BCUT2D eigenvalue weighted by molar-refractivity contribution is -0.139. The fourth-order valence-corrected chi connectivity index (χ4v) is 7.28. The first-order valence-electron chi connectivity index (χ1n) is 12.5. The van der Waals surface area contributed by atoms with Gasteiger partial charge in [0.1, 0.15) is 12.4 Å². The zero-order valence-electron chi connectivity index (χ0n) is 21.8. The average molecular weight is 737 g/mol. The molecule has 1 aromatic heterocycles. The second-order valence-corrected chi connectivity index (χ2v) is 12.6. The van der Waals surface area contributed by atoms with Crippen LogP contribution in [0.5, 0.6) is 5.75 Å². The molecule has 11 heteroatoms. The van der Waals surface area contributed by atoms with Crippen LogP contribution in [-0.2, 0) is 16.1 Å². The van der Waals surface area contributed by atoms with E-state index in [0.717, 1.165) is 16.7 Å². The number of esters is 1. The number of allylic oxidation sites excluding steroid dienone is 1. The second-order valence-electron chi connectivity index (χ2n) is 9.05. The molecule has 1 atom stereocenters. The second kappa shape index (κ2) is 12.7. The van der Waals surface area contributed by atoms with Crippen LogP contribution in [0, 0.1) is 0 Å². The SMILES string of the molecule is CCOC(=O)C1=C(C)N=c2s/c(=C\c3cc(Br)c(OCc4ccccc4Cl)c(Br)c3)c(=O)n2[C@H]1c1ccc(Cl)cc1. The first-order valence-corrected chi connectivity index (χ1v) is 15.6. The van der Waals surface area contributed by atoms with E-state index >= 15 is 0 Å². The van der Waals surface area contributed by atoms with Crippen molar-refractivity contribution in [1.82, 2.24) is 4.57 Å². The minimum absolute atomic E-state index is 0.204. The molecule has 1 aliphatic heterocycles. The van der Waals surface area contributed by atoms with E-state index in [1.54, 1.807) is 48.8 Å². The highest BCUT2D eigenvalue weighted by atomic mass is 79.9. The highest BCUT2D eigenvalue weighted by molar-refractivity contribution is 9.11. The minimum Gasteiger partial charge on any atom is -0.486 e. The van der Waals surface area contributed by atoms with Gasteiger partial charge in [-0.15, -0.1) is 0 Å². The van der Waals surface area contributed by atoms with Gasteiger partial charge in [-0.2, -0.15) is 0 Å². The molecule has 0 radical (unpaired) electrons. The van der Waals surface area contributed by atoms with Crippen molar-refractivity contribution in [3.8, 4) is 5.75 Å². The van der Waals surface area contributed by atoms with Gasteiger partial charge in [0.05, 0.1) is 37.4 Å². The van der Waals surface area contributed by atoms with Crippen LogP contribution in [0.15, 0.2) is 90.7 Å². The van der Waals surface area contributed by atoms with Gasteiger partial charge in [-0.3, -0.25) is 9.36 Å². The number of hydrogen-bond donors (Lipinski definition) is 0. The van der Waals surface area contributed by atoms with Crippen molar-refractivity contribution in [3.05, 3.63) is 127 Å². The first kappa shape index (κ1) is 29.8. The summed E-state index contributed by atoms with van der Waals surface area (Å²) in [7, 11) is 0. The van der Waals surface area contributed by atoms with Crippen molar-refractivity contribution in [1.29, 1.82) is 0 Å². The third-order valence-corrected chi connectivity index (χ3v) is 9.13. The molecule has 6 nitrogen and oxygen atoms in total. The van der Waals surface area contributed by atoms with Crippen LogP contribution < -0.4 is 19.6 Å². The van der Waals surface area contributed by atoms with Crippen LogP contribution in [0.2, 0.25) is 10.0 Å². The molecule has 5 rings (SSSR count). The molecule has 0 N–H and O–H groups in total. The first-order chi connectivity index (χ1) is 19.7. The lowest BCUT2D eigenvalue weighted by Gasteiger charge is -2.24. The highest BCUT2D eigenvalue weighted by Crippen LogP contribution is 2.36. The molecule has 41 heavy (non-hydrogen) atoms. The number of nitrogens with zero attached hydrogens (tertiary/aromatic N) is 2. The molecule has 0 amide bonds. The Labute approximate surface area is 266 Å². The van der Waals surface area contributed by atoms with Crippen LogP contribution in [0.4, 0.5) is 0 Å². The van der Waals surface area contributed by atoms with Gasteiger partial charge in [-0.25, -0.2) is 9.79 Å². The fourth-order valence-electron chi connectivity index (χ4n) is 4.47. The van der Waals surface area contributed by atoms with Crippen molar-refractivity contribution in [2.75, 3.05) is 6.61 Å². The van der Waals surface area contributed by atoms with Crippen molar-refractivity contribution in [3.63, 3.8) is 0 Å². The van der Waals surface area contributed by atoms with Crippen molar-refractivity contribution in [2.24, 2.45) is 4.99 Å². The maximum Gasteiger partial charge on any atom is 0.338 e. The number of thiazole rings is 1. The van der Waals surface area contributed by atoms with Gasteiger partial charge in [0.2, 0.25) is 0 Å². The summed E-state index contributed by atoms with van der Waals surface area (Å²) in [6.07, 6.45) is 1.79. The molecule has 0 unspecified atom stereocenters. The number of rotatable bonds is 7. The van der Waals surface area contributed by atoms with Gasteiger partial charge in [-0.1, -0.05) is 64.9 Å². The van der Waals surface area contributed by atoms with Gasteiger partial charge in [0, 0.05) is 15.6 Å². The topological polar surface area (TPSA) is 69.9 Å². The summed E-state index contributed by atoms with van der Waals surface area (Å²) in [4.78, 5) is 32.0. The molecule has 4 aromatic rings. The fraction of sp³-hybridized carbons (Fsp3) is 0.167. The van der Waals surface area contributed by atoms with E-state index in [4.69, 9.17) is 32.7 Å². The summed E-state index contributed by atoms with van der Waals surface area (Å²) >= 11 is 20.8. The minimum atomic E-state index is -0.705. The molecule has 0 spiro atoms. The third-order valence-electron chi connectivity index (χ3n) is 6.35. The number of benzene rings is 3. The standard InChI is InChI=1S/C30H22Br2Cl2N2O4S/c1-3-39-29(38)25-16(2)35-30-36(26(25)18-8-10-20(33)11-9-18)28(37)24(41-30)14-17-12-21(31)27(22(32)13-17)40-15-19-6-4-5-7-23(19)34/h4-14,26H,3,15H2,1-2H3/b24-14-/t26-/m0/s1. The Balaban J connectivity index is 1.56. The Hall–Kier alpha value is -2.69. The molecule has 0 fully saturated rings. The van der Waals surface area contributed by atoms with Crippen LogP contribution >= 0.6 is 66.4 Å². The van der Waals surface area contributed by atoms with Crippen molar-refractivity contribution in [2.45, 2.75) is 26.5 Å². The highest BCUT2D eigenvalue weighted by Gasteiger charge is 2.33. The summed E-state index contributed by atoms with van der Waals surface area (Å²) in [5.41, 5.74) is 2.91. The maximum atomic E-state index is 13.9. The maximum absolute atomic E-state index is 13.9. The third kappa shape index (κ3) is 6.24. The van der Waals surface area contributed by atoms with Crippen LogP contribution in [0.3, 0.4) is 0 Å². The molecule has 0 saturated heterocycles. The number of aromatic nitrogens is 1. The number of carbonyl (C=O) groups excluding carboxylic acids is 1. The smallest absolute Gasteiger partial charge is 0.338 e. The summed E-state index contributed by atoms with van der Waals surface area (Å²) < 4.78 is 14.8. The van der Waals surface area contributed by atoms with Gasteiger partial charge in [0.25, 0.3) is 5.56 Å². The van der Waals surface area contributed by atoms with E-state index in [1.165, 1.54) is 11.3 Å². The van der Waals surface area contributed by atoms with E-state index in [1.807, 2.05) is 36.4 Å². The van der Waals surface area contributed by atoms with Gasteiger partial charge >= 0.3 is 5.97 Å². The molecular formula is C30H22Br2Cl2N2O4S. The Morgan fingerprint density at radius 2 is 1.78 bits per heavy atom. The van der Waals surface area contributed by atoms with Gasteiger partial charge in [0.15, 0.2) is 4.80 Å².